The van der Waals surface area contributed by atoms with Crippen LogP contribution in [0.2, 0.25) is 0 Å². The number of ketones is 1. The first-order chi connectivity index (χ1) is 9.65. The zero-order chi connectivity index (χ0) is 14.1. The Morgan fingerprint density at radius 2 is 2.25 bits per heavy atom. The van der Waals surface area contributed by atoms with Gasteiger partial charge in [0.2, 0.25) is 0 Å². The number of carbonyl (C=O) groups is 1. The van der Waals surface area contributed by atoms with Crippen LogP contribution < -0.4 is 5.32 Å². The molecule has 0 spiro atoms. The Morgan fingerprint density at radius 1 is 1.45 bits per heavy atom. The van der Waals surface area contributed by atoms with Gasteiger partial charge in [0.15, 0.2) is 0 Å². The first-order valence-electron chi connectivity index (χ1n) is 7.00. The van der Waals surface area contributed by atoms with E-state index in [1.807, 2.05) is 38.2 Å². The predicted octanol–water partition coefficient (Wildman–Crippen LogP) is 2.44. The van der Waals surface area contributed by atoms with Crippen LogP contribution >= 0.6 is 0 Å². The van der Waals surface area contributed by atoms with Crippen molar-refractivity contribution in [1.29, 1.82) is 0 Å². The third-order valence-electron chi connectivity index (χ3n) is 3.93. The fourth-order valence-corrected chi connectivity index (χ4v) is 2.93. The Balaban J connectivity index is 1.83. The van der Waals surface area contributed by atoms with Crippen LogP contribution in [0.5, 0.6) is 0 Å². The maximum atomic E-state index is 12.6. The van der Waals surface area contributed by atoms with Gasteiger partial charge in [-0.25, -0.2) is 0 Å². The van der Waals surface area contributed by atoms with Gasteiger partial charge >= 0.3 is 0 Å². The van der Waals surface area contributed by atoms with Crippen molar-refractivity contribution in [3.8, 4) is 0 Å². The number of para-hydroxylation sites is 1. The lowest BCUT2D eigenvalue weighted by atomic mass is 9.86. The van der Waals surface area contributed by atoms with Crippen molar-refractivity contribution >= 4 is 11.5 Å². The molecular weight excluding hydrogens is 250 g/mol. The molecule has 4 heteroatoms. The van der Waals surface area contributed by atoms with E-state index in [4.69, 9.17) is 0 Å². The molecule has 1 aromatic heterocycles. The van der Waals surface area contributed by atoms with Crippen molar-refractivity contribution in [3.63, 3.8) is 0 Å². The predicted molar refractivity (Wildman–Crippen MR) is 78.9 cm³/mol. The van der Waals surface area contributed by atoms with Crippen LogP contribution in [0.4, 0.5) is 5.69 Å². The summed E-state index contributed by atoms with van der Waals surface area (Å²) in [6.07, 6.45) is 1.32. The van der Waals surface area contributed by atoms with Gasteiger partial charge in [-0.1, -0.05) is 18.2 Å². The largest absolute Gasteiger partial charge is 0.385 e. The molecule has 4 nitrogen and oxygen atoms in total. The molecule has 2 heterocycles. The van der Waals surface area contributed by atoms with Crippen molar-refractivity contribution < 1.29 is 4.79 Å². The number of nitrogens with zero attached hydrogens (tertiary/aromatic N) is 2. The molecule has 20 heavy (non-hydrogen) atoms. The summed E-state index contributed by atoms with van der Waals surface area (Å²) < 4.78 is 1.81. The number of aromatic nitrogens is 2. The summed E-state index contributed by atoms with van der Waals surface area (Å²) in [5.41, 5.74) is 4.17. The highest BCUT2D eigenvalue weighted by atomic mass is 16.1. The molecule has 1 atom stereocenters. The second kappa shape index (κ2) is 5.12. The number of fused-ring (bicyclic) bond motifs is 1. The maximum absolute atomic E-state index is 12.6. The average Bonchev–Trinajstić information content (AvgIpc) is 2.76. The van der Waals surface area contributed by atoms with Gasteiger partial charge in [0.1, 0.15) is 5.78 Å². The lowest BCUT2D eigenvalue weighted by Crippen LogP contribution is -2.24. The van der Waals surface area contributed by atoms with Gasteiger partial charge in [-0.2, -0.15) is 5.10 Å². The monoisotopic (exact) mass is 269 g/mol. The van der Waals surface area contributed by atoms with E-state index in [9.17, 15) is 4.79 Å². The third-order valence-corrected chi connectivity index (χ3v) is 3.93. The lowest BCUT2D eigenvalue weighted by molar-refractivity contribution is -0.120. The van der Waals surface area contributed by atoms with E-state index in [0.717, 1.165) is 35.6 Å². The van der Waals surface area contributed by atoms with Crippen molar-refractivity contribution in [2.75, 3.05) is 11.9 Å². The molecule has 0 fully saturated rings. The molecule has 0 amide bonds. The summed E-state index contributed by atoms with van der Waals surface area (Å²) >= 11 is 0. The number of rotatable bonds is 3. The van der Waals surface area contributed by atoms with Crippen molar-refractivity contribution in [1.82, 2.24) is 9.78 Å². The molecule has 1 aromatic carbocycles. The van der Waals surface area contributed by atoms with Crippen LogP contribution in [0.25, 0.3) is 0 Å². The fraction of sp³-hybridized carbons (Fsp3) is 0.375. The lowest BCUT2D eigenvalue weighted by Gasteiger charge is -2.25. The van der Waals surface area contributed by atoms with Gasteiger partial charge in [0.25, 0.3) is 0 Å². The number of aryl methyl sites for hydroxylation is 2. The fourth-order valence-electron chi connectivity index (χ4n) is 2.93. The van der Waals surface area contributed by atoms with Crippen molar-refractivity contribution in [3.05, 3.63) is 47.3 Å². The molecule has 0 saturated carbocycles. The Hall–Kier alpha value is -2.10. The van der Waals surface area contributed by atoms with Crippen LogP contribution in [-0.4, -0.2) is 22.1 Å². The second-order valence-electron chi connectivity index (χ2n) is 5.40. The van der Waals surface area contributed by atoms with E-state index in [2.05, 4.69) is 16.5 Å². The van der Waals surface area contributed by atoms with E-state index in [1.165, 1.54) is 0 Å². The van der Waals surface area contributed by atoms with Crippen molar-refractivity contribution in [2.45, 2.75) is 25.7 Å². The Morgan fingerprint density at radius 3 is 3.00 bits per heavy atom. The summed E-state index contributed by atoms with van der Waals surface area (Å²) in [5.74, 6) is 0.282. The number of hydrogen-bond acceptors (Lipinski definition) is 3. The minimum Gasteiger partial charge on any atom is -0.385 e. The Bertz CT molecular complexity index is 645. The first-order valence-corrected chi connectivity index (χ1v) is 7.00. The van der Waals surface area contributed by atoms with E-state index in [0.29, 0.717) is 6.42 Å². The zero-order valence-electron chi connectivity index (χ0n) is 11.9. The smallest absolute Gasteiger partial charge is 0.146 e. The molecule has 2 aromatic rings. The first kappa shape index (κ1) is 12.9. The van der Waals surface area contributed by atoms with Crippen LogP contribution in [0.3, 0.4) is 0 Å². The number of anilines is 1. The van der Waals surface area contributed by atoms with Crippen LogP contribution in [0.1, 0.15) is 29.3 Å². The molecule has 3 rings (SSSR count). The van der Waals surface area contributed by atoms with E-state index < -0.39 is 0 Å². The topological polar surface area (TPSA) is 46.9 Å². The highest BCUT2D eigenvalue weighted by Crippen LogP contribution is 2.32. The Kier molecular flexibility index (Phi) is 3.30. The summed E-state index contributed by atoms with van der Waals surface area (Å²) in [6, 6.07) is 10.1. The molecule has 0 radical (unpaired) electrons. The Labute approximate surface area is 118 Å². The van der Waals surface area contributed by atoms with Gasteiger partial charge in [-0.15, -0.1) is 0 Å². The van der Waals surface area contributed by atoms with Crippen LogP contribution in [0.15, 0.2) is 30.3 Å². The standard InChI is InChI=1S/C16H19N3O/c1-11-9-12(19(2)18-11)10-16(20)14-7-8-17-15-6-4-3-5-13(14)15/h3-6,9,14,17H,7-8,10H2,1-2H3. The molecule has 1 N–H and O–H groups in total. The summed E-state index contributed by atoms with van der Waals surface area (Å²) in [4.78, 5) is 12.6. The highest BCUT2D eigenvalue weighted by Gasteiger charge is 2.26. The van der Waals surface area contributed by atoms with E-state index in [1.54, 1.807) is 4.68 Å². The van der Waals surface area contributed by atoms with Gasteiger partial charge < -0.3 is 5.32 Å². The van der Waals surface area contributed by atoms with Crippen LogP contribution in [0, 0.1) is 6.92 Å². The summed E-state index contributed by atoms with van der Waals surface area (Å²) in [5, 5.41) is 7.66. The number of carbonyl (C=O) groups excluding carboxylic acids is 1. The van der Waals surface area contributed by atoms with Gasteiger partial charge in [0.05, 0.1) is 5.69 Å². The minimum atomic E-state index is 0.00246. The molecule has 0 saturated heterocycles. The van der Waals surface area contributed by atoms with Crippen LogP contribution in [-0.2, 0) is 18.3 Å². The molecule has 1 aliphatic heterocycles. The summed E-state index contributed by atoms with van der Waals surface area (Å²) in [7, 11) is 1.89. The molecule has 1 aliphatic rings. The van der Waals surface area contributed by atoms with Crippen molar-refractivity contribution in [2.24, 2.45) is 7.05 Å². The number of Topliss-reactive ketones (excluding diaryl/α,β-unsaturated/α-hetero) is 1. The van der Waals surface area contributed by atoms with E-state index in [-0.39, 0.29) is 11.7 Å². The number of nitrogens with one attached hydrogen (secondary N) is 1. The molecule has 0 bridgehead atoms. The average molecular weight is 269 g/mol. The van der Waals surface area contributed by atoms with Gasteiger partial charge in [0, 0.05) is 37.3 Å². The minimum absolute atomic E-state index is 0.00246. The quantitative estimate of drug-likeness (QED) is 0.931. The van der Waals surface area contributed by atoms with Gasteiger partial charge in [-0.3, -0.25) is 9.48 Å². The molecule has 1 unspecified atom stereocenters. The van der Waals surface area contributed by atoms with E-state index >= 15 is 0 Å². The molecular formula is C16H19N3O. The number of benzene rings is 1. The summed E-state index contributed by atoms with van der Waals surface area (Å²) in [6.45, 7) is 2.81. The highest BCUT2D eigenvalue weighted by molar-refractivity contribution is 5.89. The number of hydrogen-bond donors (Lipinski definition) is 1. The maximum Gasteiger partial charge on any atom is 0.146 e. The van der Waals surface area contributed by atoms with Gasteiger partial charge in [-0.05, 0) is 31.0 Å². The second-order valence-corrected chi connectivity index (χ2v) is 5.40. The third kappa shape index (κ3) is 2.33. The normalized spacial score (nSPS) is 17.4. The SMILES string of the molecule is Cc1cc(CC(=O)C2CCNc3ccccc32)n(C)n1. The zero-order valence-corrected chi connectivity index (χ0v) is 11.9. The molecule has 104 valence electrons. The molecule has 0 aliphatic carbocycles.